The highest BCUT2D eigenvalue weighted by Crippen LogP contribution is 2.10. The largest absolute Gasteiger partial charge is 0.462 e. The van der Waals surface area contributed by atoms with Gasteiger partial charge in [0.05, 0.1) is 0 Å². The molecule has 0 amide bonds. The minimum absolute atomic E-state index is 0.138. The summed E-state index contributed by atoms with van der Waals surface area (Å²) in [4.78, 5) is 38.1. The number of rotatable bonds is 46. The number of hydrogen-bond acceptors (Lipinski definition) is 6. The molecule has 0 aliphatic heterocycles. The smallest absolute Gasteiger partial charge is 0.306 e. The normalized spacial score (nSPS) is 13.4. The van der Waals surface area contributed by atoms with Crippen molar-refractivity contribution in [3.8, 4) is 0 Å². The predicted octanol–water partition coefficient (Wildman–Crippen LogP) is 18.2. The number of hydrogen-bond donors (Lipinski definition) is 0. The van der Waals surface area contributed by atoms with Crippen LogP contribution in [0.25, 0.3) is 0 Å². The van der Waals surface area contributed by atoms with Crippen molar-refractivity contribution in [1.29, 1.82) is 0 Å². The van der Waals surface area contributed by atoms with Crippen LogP contribution in [0.1, 0.15) is 201 Å². The Bertz CT molecular complexity index is 1610. The number of unbranched alkanes of at least 4 members (excludes halogenated alkanes) is 9. The van der Waals surface area contributed by atoms with E-state index in [1.54, 1.807) is 0 Å². The monoisotopic (exact) mass is 949 g/mol. The second-order valence-electron chi connectivity index (χ2n) is 17.0. The molecule has 0 aromatic heterocycles. The number of ether oxygens (including phenoxy) is 3. The summed E-state index contributed by atoms with van der Waals surface area (Å²) in [5.74, 6) is -1.09. The number of allylic oxidation sites excluding steroid dienone is 26. The standard InChI is InChI=1S/C63H96O6/c1-4-7-10-13-16-19-22-25-28-31-34-37-40-43-46-49-52-55-61(64)67-58-60(69-63(66)57-54-51-48-45-42-39-36-33-30-27-24-21-18-15-12-9-6-3)59-68-62(65)56-53-50-47-44-41-38-35-32-29-26-23-20-17-14-11-8-5-2/h7-8,10-11,16-21,25-30,34-39,43,45-46,48,60H,4-6,9,12-15,22-24,31-33,40-42,44,47,49-59H2,1-3H3/b10-7-,11-8-,19-16-,20-17-,21-18-,28-25-,29-26-,30-27-,37-34-,38-35-,39-36-,46-43-,48-45-/t60-/m1/s1. The highest BCUT2D eigenvalue weighted by Gasteiger charge is 2.19. The average molecular weight is 949 g/mol. The van der Waals surface area contributed by atoms with E-state index in [1.165, 1.54) is 25.7 Å². The predicted molar refractivity (Wildman–Crippen MR) is 297 cm³/mol. The van der Waals surface area contributed by atoms with Gasteiger partial charge in [-0.25, -0.2) is 0 Å². The molecule has 0 heterocycles. The molecule has 0 aliphatic carbocycles. The minimum Gasteiger partial charge on any atom is -0.462 e. The van der Waals surface area contributed by atoms with Gasteiger partial charge >= 0.3 is 17.9 Å². The first-order valence-electron chi connectivity index (χ1n) is 27.0. The molecule has 69 heavy (non-hydrogen) atoms. The molecule has 0 unspecified atom stereocenters. The van der Waals surface area contributed by atoms with Gasteiger partial charge in [0.25, 0.3) is 0 Å². The van der Waals surface area contributed by atoms with Gasteiger partial charge in [0, 0.05) is 19.3 Å². The van der Waals surface area contributed by atoms with Crippen LogP contribution in [0.3, 0.4) is 0 Å². The van der Waals surface area contributed by atoms with Crippen molar-refractivity contribution in [2.75, 3.05) is 13.2 Å². The molecule has 0 aromatic rings. The first-order valence-corrected chi connectivity index (χ1v) is 27.0. The Morgan fingerprint density at radius 3 is 0.928 bits per heavy atom. The summed E-state index contributed by atoms with van der Waals surface area (Å²) >= 11 is 0. The molecule has 0 rings (SSSR count). The Kier molecular flexibility index (Phi) is 51.6. The van der Waals surface area contributed by atoms with Gasteiger partial charge in [0.2, 0.25) is 0 Å². The van der Waals surface area contributed by atoms with Crippen molar-refractivity contribution in [2.45, 2.75) is 207 Å². The molecule has 0 fully saturated rings. The lowest BCUT2D eigenvalue weighted by molar-refractivity contribution is -0.167. The fourth-order valence-electron chi connectivity index (χ4n) is 6.52. The topological polar surface area (TPSA) is 78.9 Å². The van der Waals surface area contributed by atoms with Crippen LogP contribution in [0.15, 0.2) is 158 Å². The quantitative estimate of drug-likeness (QED) is 0.0262. The lowest BCUT2D eigenvalue weighted by Gasteiger charge is -2.18. The van der Waals surface area contributed by atoms with E-state index in [-0.39, 0.29) is 38.0 Å². The van der Waals surface area contributed by atoms with Crippen molar-refractivity contribution in [3.05, 3.63) is 158 Å². The van der Waals surface area contributed by atoms with E-state index in [2.05, 4.69) is 179 Å². The summed E-state index contributed by atoms with van der Waals surface area (Å²) in [6, 6.07) is 0. The molecule has 0 bridgehead atoms. The van der Waals surface area contributed by atoms with Crippen molar-refractivity contribution in [3.63, 3.8) is 0 Å². The number of esters is 3. The molecule has 6 heteroatoms. The van der Waals surface area contributed by atoms with Crippen molar-refractivity contribution in [2.24, 2.45) is 0 Å². The van der Waals surface area contributed by atoms with E-state index in [9.17, 15) is 14.4 Å². The van der Waals surface area contributed by atoms with Gasteiger partial charge < -0.3 is 14.2 Å². The van der Waals surface area contributed by atoms with Crippen LogP contribution >= 0.6 is 0 Å². The molecule has 0 aromatic carbocycles. The second kappa shape index (κ2) is 55.6. The SMILES string of the molecule is CC/C=C\C/C=C\C/C=C\C/C=C\C/C=C\CCCC(=O)OC[C@H](COC(=O)CCCCCC/C=C\C/C=C\C/C=C\C/C=C\CC)OC(=O)CCC/C=C\C/C=C\C/C=C\C/C=C\CCCCC. The van der Waals surface area contributed by atoms with E-state index in [0.29, 0.717) is 19.3 Å². The van der Waals surface area contributed by atoms with Gasteiger partial charge in [0.1, 0.15) is 13.2 Å². The molecule has 0 saturated heterocycles. The minimum atomic E-state index is -0.848. The lowest BCUT2D eigenvalue weighted by Crippen LogP contribution is -2.30. The zero-order chi connectivity index (χ0) is 50.0. The maximum atomic E-state index is 12.8. The van der Waals surface area contributed by atoms with E-state index in [0.717, 1.165) is 122 Å². The fourth-order valence-corrected chi connectivity index (χ4v) is 6.52. The van der Waals surface area contributed by atoms with Crippen LogP contribution in [0.2, 0.25) is 0 Å². The Labute approximate surface area is 422 Å². The van der Waals surface area contributed by atoms with E-state index < -0.39 is 12.1 Å². The first-order chi connectivity index (χ1) is 34.0. The van der Waals surface area contributed by atoms with E-state index in [1.807, 2.05) is 0 Å². The van der Waals surface area contributed by atoms with Crippen molar-refractivity contribution < 1.29 is 28.6 Å². The maximum absolute atomic E-state index is 12.8. The molecule has 6 nitrogen and oxygen atoms in total. The highest BCUT2D eigenvalue weighted by atomic mass is 16.6. The van der Waals surface area contributed by atoms with Gasteiger partial charge in [-0.05, 0) is 135 Å². The molecule has 384 valence electrons. The third-order valence-corrected chi connectivity index (χ3v) is 10.5. The summed E-state index contributed by atoms with van der Waals surface area (Å²) in [6.07, 6.45) is 80.9. The number of carbonyl (C=O) groups is 3. The highest BCUT2D eigenvalue weighted by molar-refractivity contribution is 5.71. The molecular formula is C63H96O6. The summed E-state index contributed by atoms with van der Waals surface area (Å²) in [5, 5.41) is 0. The summed E-state index contributed by atoms with van der Waals surface area (Å²) in [6.45, 7) is 6.24. The van der Waals surface area contributed by atoms with Crippen LogP contribution in [0.4, 0.5) is 0 Å². The number of carbonyl (C=O) groups excluding carboxylic acids is 3. The van der Waals surface area contributed by atoms with Gasteiger partial charge in [-0.2, -0.15) is 0 Å². The molecule has 0 N–H and O–H groups in total. The molecule has 0 aliphatic rings. The Morgan fingerprint density at radius 2 is 0.580 bits per heavy atom. The van der Waals surface area contributed by atoms with Crippen LogP contribution < -0.4 is 0 Å². The van der Waals surface area contributed by atoms with Crippen molar-refractivity contribution >= 4 is 17.9 Å². The zero-order valence-electron chi connectivity index (χ0n) is 43.8. The summed E-state index contributed by atoms with van der Waals surface area (Å²) in [5.41, 5.74) is 0. The lowest BCUT2D eigenvalue weighted by atomic mass is 10.1. The molecule has 1 atom stereocenters. The molecule has 0 radical (unpaired) electrons. The van der Waals surface area contributed by atoms with Crippen LogP contribution in [-0.2, 0) is 28.6 Å². The Hall–Kier alpha value is -4.97. The Balaban J connectivity index is 4.65. The van der Waals surface area contributed by atoms with E-state index >= 15 is 0 Å². The van der Waals surface area contributed by atoms with Crippen LogP contribution in [0, 0.1) is 0 Å². The maximum Gasteiger partial charge on any atom is 0.306 e. The van der Waals surface area contributed by atoms with Gasteiger partial charge in [-0.1, -0.05) is 204 Å². The fraction of sp³-hybridized carbons (Fsp3) is 0.540. The molecule has 0 spiro atoms. The third kappa shape index (κ3) is 53.8. The van der Waals surface area contributed by atoms with Crippen LogP contribution in [0.5, 0.6) is 0 Å². The van der Waals surface area contributed by atoms with Gasteiger partial charge in [-0.3, -0.25) is 14.4 Å². The van der Waals surface area contributed by atoms with Crippen molar-refractivity contribution in [1.82, 2.24) is 0 Å². The van der Waals surface area contributed by atoms with Gasteiger partial charge in [-0.15, -0.1) is 0 Å². The Morgan fingerprint density at radius 1 is 0.304 bits per heavy atom. The van der Waals surface area contributed by atoms with Crippen LogP contribution in [-0.4, -0.2) is 37.2 Å². The molecular weight excluding hydrogens is 853 g/mol. The van der Waals surface area contributed by atoms with E-state index in [4.69, 9.17) is 14.2 Å². The first kappa shape index (κ1) is 64.0. The summed E-state index contributed by atoms with van der Waals surface area (Å²) < 4.78 is 16.7. The average Bonchev–Trinajstić information content (AvgIpc) is 3.35. The second-order valence-corrected chi connectivity index (χ2v) is 17.0. The summed E-state index contributed by atoms with van der Waals surface area (Å²) in [7, 11) is 0. The zero-order valence-corrected chi connectivity index (χ0v) is 43.8. The molecule has 0 saturated carbocycles. The van der Waals surface area contributed by atoms with Gasteiger partial charge in [0.15, 0.2) is 6.10 Å². The third-order valence-electron chi connectivity index (χ3n) is 10.5.